The molecule has 1 fully saturated rings. The fraction of sp³-hybridized carbons (Fsp3) is 0.500. The number of hydrogen-bond acceptors (Lipinski definition) is 7. The first-order chi connectivity index (χ1) is 13.5. The summed E-state index contributed by atoms with van der Waals surface area (Å²) in [5, 5.41) is 15.4. The summed E-state index contributed by atoms with van der Waals surface area (Å²) in [5.41, 5.74) is 1.07. The molecule has 0 saturated carbocycles. The summed E-state index contributed by atoms with van der Waals surface area (Å²) in [4.78, 5) is 8.45. The number of hydrogen-bond donors (Lipinski definition) is 1. The van der Waals surface area contributed by atoms with Crippen LogP contribution in [0.2, 0.25) is 0 Å². The molecule has 2 aromatic heterocycles. The molecule has 0 amide bonds. The van der Waals surface area contributed by atoms with Gasteiger partial charge in [-0.05, 0) is 31.5 Å². The van der Waals surface area contributed by atoms with Crippen LogP contribution in [0.4, 0.5) is 0 Å². The Labute approximate surface area is 168 Å². The van der Waals surface area contributed by atoms with Gasteiger partial charge in [-0.1, -0.05) is 30.4 Å². The van der Waals surface area contributed by atoms with E-state index in [0.29, 0.717) is 4.96 Å². The molecule has 0 bridgehead atoms. The fourth-order valence-electron chi connectivity index (χ4n) is 3.89. The number of thiazole rings is 1. The molecule has 4 rings (SSSR count). The molecule has 7 nitrogen and oxygen atoms in total. The Bertz CT molecular complexity index is 960. The lowest BCUT2D eigenvalue weighted by atomic mass is 10.0. The van der Waals surface area contributed by atoms with Gasteiger partial charge in [0.2, 0.25) is 10.8 Å². The van der Waals surface area contributed by atoms with E-state index in [9.17, 15) is 5.11 Å². The van der Waals surface area contributed by atoms with Gasteiger partial charge >= 0.3 is 0 Å². The van der Waals surface area contributed by atoms with Crippen LogP contribution in [0.25, 0.3) is 4.96 Å². The van der Waals surface area contributed by atoms with Crippen LogP contribution >= 0.6 is 11.3 Å². The monoisotopic (exact) mass is 402 g/mol. The normalized spacial score (nSPS) is 21.9. The molecule has 0 radical (unpaired) electrons. The van der Waals surface area contributed by atoms with Crippen LogP contribution in [0.5, 0.6) is 11.6 Å². The molecule has 150 valence electrons. The van der Waals surface area contributed by atoms with Crippen molar-refractivity contribution in [3.05, 3.63) is 40.5 Å². The minimum atomic E-state index is -0.123. The zero-order valence-corrected chi connectivity index (χ0v) is 17.4. The van der Waals surface area contributed by atoms with Crippen LogP contribution in [0.3, 0.4) is 0 Å². The van der Waals surface area contributed by atoms with E-state index in [4.69, 9.17) is 9.47 Å². The van der Waals surface area contributed by atoms with Crippen LogP contribution in [0.15, 0.2) is 24.3 Å². The van der Waals surface area contributed by atoms with Gasteiger partial charge in [-0.2, -0.15) is 4.52 Å². The Balaban J connectivity index is 1.82. The van der Waals surface area contributed by atoms with Gasteiger partial charge in [0.1, 0.15) is 5.75 Å². The van der Waals surface area contributed by atoms with E-state index < -0.39 is 0 Å². The van der Waals surface area contributed by atoms with Crippen LogP contribution in [0.1, 0.15) is 43.1 Å². The molecular weight excluding hydrogens is 376 g/mol. The Morgan fingerprint density at radius 2 is 2.07 bits per heavy atom. The van der Waals surface area contributed by atoms with Gasteiger partial charge in [-0.25, -0.2) is 4.98 Å². The first-order valence-corrected chi connectivity index (χ1v) is 10.4. The minimum Gasteiger partial charge on any atom is -0.497 e. The number of ether oxygens (including phenoxy) is 2. The van der Waals surface area contributed by atoms with Crippen molar-refractivity contribution in [2.45, 2.75) is 45.4 Å². The summed E-state index contributed by atoms with van der Waals surface area (Å²) in [6.45, 7) is 7.73. The van der Waals surface area contributed by atoms with Gasteiger partial charge in [0.25, 0.3) is 0 Å². The summed E-state index contributed by atoms with van der Waals surface area (Å²) in [5.74, 6) is 1.69. The molecule has 1 N–H and O–H groups in total. The average molecular weight is 403 g/mol. The Morgan fingerprint density at radius 1 is 1.32 bits per heavy atom. The summed E-state index contributed by atoms with van der Waals surface area (Å²) in [7, 11) is 1.67. The highest BCUT2D eigenvalue weighted by Gasteiger charge is 2.34. The highest BCUT2D eigenvalue weighted by molar-refractivity contribution is 7.17. The molecule has 1 aliphatic heterocycles. The zero-order chi connectivity index (χ0) is 19.8. The van der Waals surface area contributed by atoms with E-state index in [1.54, 1.807) is 11.6 Å². The van der Waals surface area contributed by atoms with Crippen LogP contribution < -0.4 is 4.74 Å². The second-order valence-corrected chi connectivity index (χ2v) is 8.27. The molecule has 1 saturated heterocycles. The number of nitrogens with zero attached hydrogens (tertiary/aromatic N) is 4. The number of aryl methyl sites for hydroxylation is 1. The molecule has 8 heteroatoms. The predicted octanol–water partition coefficient (Wildman–Crippen LogP) is 3.27. The van der Waals surface area contributed by atoms with E-state index in [1.807, 2.05) is 25.1 Å². The Kier molecular flexibility index (Phi) is 5.27. The molecule has 0 spiro atoms. The van der Waals surface area contributed by atoms with Crippen LogP contribution in [-0.4, -0.2) is 57.0 Å². The van der Waals surface area contributed by atoms with E-state index in [1.165, 1.54) is 11.3 Å². The smallest absolute Gasteiger partial charge is 0.230 e. The lowest BCUT2D eigenvalue weighted by molar-refractivity contribution is -0.0764. The summed E-state index contributed by atoms with van der Waals surface area (Å²) in [6.07, 6.45) is 0.974. The number of methoxy groups -OCH3 is 1. The van der Waals surface area contributed by atoms with E-state index >= 15 is 0 Å². The lowest BCUT2D eigenvalue weighted by Gasteiger charge is -2.40. The number of aromatic hydroxyl groups is 1. The summed E-state index contributed by atoms with van der Waals surface area (Å²) >= 11 is 1.49. The number of fused-ring (bicyclic) bond motifs is 1. The first kappa shape index (κ1) is 19.2. The molecule has 3 aromatic rings. The van der Waals surface area contributed by atoms with Crippen molar-refractivity contribution in [3.8, 4) is 11.6 Å². The highest BCUT2D eigenvalue weighted by Crippen LogP contribution is 2.41. The number of benzene rings is 1. The molecule has 0 unspecified atom stereocenters. The van der Waals surface area contributed by atoms with Gasteiger partial charge in [0.05, 0.1) is 30.2 Å². The topological polar surface area (TPSA) is 72.1 Å². The summed E-state index contributed by atoms with van der Waals surface area (Å²) in [6, 6.07) is 7.90. The fourth-order valence-corrected chi connectivity index (χ4v) is 5.02. The highest BCUT2D eigenvalue weighted by atomic mass is 32.1. The molecule has 28 heavy (non-hydrogen) atoms. The molecule has 3 heterocycles. The molecule has 1 aromatic carbocycles. The van der Waals surface area contributed by atoms with Crippen molar-refractivity contribution in [2.75, 3.05) is 20.2 Å². The number of morpholine rings is 1. The first-order valence-electron chi connectivity index (χ1n) is 9.60. The van der Waals surface area contributed by atoms with Crippen molar-refractivity contribution in [2.24, 2.45) is 0 Å². The third kappa shape index (κ3) is 3.47. The molecular formula is C20H26N4O3S. The third-order valence-electron chi connectivity index (χ3n) is 5.03. The Hall–Kier alpha value is -2.16. The largest absolute Gasteiger partial charge is 0.497 e. The van der Waals surface area contributed by atoms with Gasteiger partial charge in [0.15, 0.2) is 5.82 Å². The Morgan fingerprint density at radius 3 is 2.71 bits per heavy atom. The van der Waals surface area contributed by atoms with Crippen molar-refractivity contribution in [1.82, 2.24) is 19.5 Å². The molecule has 1 aliphatic rings. The maximum absolute atomic E-state index is 11.0. The lowest BCUT2D eigenvalue weighted by Crippen LogP contribution is -2.47. The standard InChI is InChI=1S/C20H26N4O3S/c1-5-16-21-20-24(22-16)19(25)18(28-20)17(14-7-6-8-15(9-14)26-4)23-10-12(2)27-13(3)11-23/h6-9,12-13,17,25H,5,10-11H2,1-4H3/t12-,13+,17-/m1/s1. The van der Waals surface area contributed by atoms with Crippen molar-refractivity contribution in [1.29, 1.82) is 0 Å². The van der Waals surface area contributed by atoms with E-state index in [2.05, 4.69) is 34.9 Å². The predicted molar refractivity (Wildman–Crippen MR) is 108 cm³/mol. The molecule has 0 aliphatic carbocycles. The van der Waals surface area contributed by atoms with Crippen molar-refractivity contribution >= 4 is 16.3 Å². The van der Waals surface area contributed by atoms with Gasteiger partial charge in [-0.3, -0.25) is 4.90 Å². The zero-order valence-electron chi connectivity index (χ0n) is 16.6. The second-order valence-electron chi connectivity index (χ2n) is 7.26. The molecule has 3 atom stereocenters. The SMILES string of the molecule is CCc1nc2sc([C@@H](c3cccc(OC)c3)N3C[C@@H](C)O[C@@H](C)C3)c(O)n2n1. The van der Waals surface area contributed by atoms with Crippen molar-refractivity contribution < 1.29 is 14.6 Å². The average Bonchev–Trinajstić information content (AvgIpc) is 3.21. The van der Waals surface area contributed by atoms with E-state index in [0.717, 1.165) is 41.5 Å². The summed E-state index contributed by atoms with van der Waals surface area (Å²) < 4.78 is 12.9. The van der Waals surface area contributed by atoms with Gasteiger partial charge < -0.3 is 14.6 Å². The maximum Gasteiger partial charge on any atom is 0.230 e. The maximum atomic E-state index is 11.0. The number of aromatic nitrogens is 3. The number of rotatable bonds is 5. The van der Waals surface area contributed by atoms with Gasteiger partial charge in [-0.15, -0.1) is 5.10 Å². The van der Waals surface area contributed by atoms with Gasteiger partial charge in [0, 0.05) is 19.5 Å². The van der Waals surface area contributed by atoms with Crippen molar-refractivity contribution in [3.63, 3.8) is 0 Å². The van der Waals surface area contributed by atoms with E-state index in [-0.39, 0.29) is 24.1 Å². The third-order valence-corrected chi connectivity index (χ3v) is 6.10. The van der Waals surface area contributed by atoms with Crippen LogP contribution in [-0.2, 0) is 11.2 Å². The minimum absolute atomic E-state index is 0.118. The quantitative estimate of drug-likeness (QED) is 0.706. The second kappa shape index (κ2) is 7.69. The van der Waals surface area contributed by atoms with Crippen LogP contribution in [0, 0.1) is 0 Å².